The van der Waals surface area contributed by atoms with Gasteiger partial charge in [0, 0.05) is 10.9 Å². The molecule has 0 amide bonds. The first-order valence-electron chi connectivity index (χ1n) is 5.88. The molecule has 3 aromatic rings. The lowest BCUT2D eigenvalue weighted by atomic mass is 10.1. The quantitative estimate of drug-likeness (QED) is 0.708. The zero-order valence-electron chi connectivity index (χ0n) is 10.1. The van der Waals surface area contributed by atoms with E-state index in [0.717, 1.165) is 5.39 Å². The van der Waals surface area contributed by atoms with E-state index in [1.165, 1.54) is 0 Å². The Bertz CT molecular complexity index is 754. The minimum absolute atomic E-state index is 0.199. The first-order valence-corrected chi connectivity index (χ1v) is 5.88. The average Bonchev–Trinajstić information content (AvgIpc) is 2.48. The Kier molecular flexibility index (Phi) is 2.68. The molecule has 2 aromatic carbocycles. The van der Waals surface area contributed by atoms with E-state index in [1.807, 2.05) is 30.3 Å². The van der Waals surface area contributed by atoms with E-state index < -0.39 is 0 Å². The summed E-state index contributed by atoms with van der Waals surface area (Å²) < 4.78 is 0. The molecule has 1 aromatic heterocycles. The van der Waals surface area contributed by atoms with Gasteiger partial charge in [-0.05, 0) is 6.07 Å². The molecule has 0 atom stereocenters. The molecule has 3 rings (SSSR count). The summed E-state index contributed by atoms with van der Waals surface area (Å²) in [5.41, 5.74) is 7.85. The fourth-order valence-corrected chi connectivity index (χ4v) is 1.97. The molecule has 0 fully saturated rings. The summed E-state index contributed by atoms with van der Waals surface area (Å²) in [7, 11) is 0. The zero-order valence-corrected chi connectivity index (χ0v) is 10.1. The molecule has 4 heteroatoms. The number of hydrogen-bond donors (Lipinski definition) is 1. The molecule has 0 bridgehead atoms. The van der Waals surface area contributed by atoms with Gasteiger partial charge in [0.25, 0.3) is 0 Å². The number of carbonyl (C=O) groups is 1. The van der Waals surface area contributed by atoms with Crippen molar-refractivity contribution < 1.29 is 4.79 Å². The highest BCUT2D eigenvalue weighted by Gasteiger charge is 2.16. The predicted molar refractivity (Wildman–Crippen MR) is 73.8 cm³/mol. The Balaban J connectivity index is 2.16. The molecule has 0 unspecified atom stereocenters. The third-order valence-corrected chi connectivity index (χ3v) is 2.96. The van der Waals surface area contributed by atoms with E-state index in [1.54, 1.807) is 24.3 Å². The number of nitrogens with two attached hydrogens (primary N) is 1. The van der Waals surface area contributed by atoms with Crippen molar-refractivity contribution in [1.82, 2.24) is 10.2 Å². The molecule has 92 valence electrons. The maximum Gasteiger partial charge on any atom is 0.215 e. The van der Waals surface area contributed by atoms with Crippen LogP contribution in [0.15, 0.2) is 54.6 Å². The molecule has 0 saturated heterocycles. The van der Waals surface area contributed by atoms with Gasteiger partial charge in [0.1, 0.15) is 0 Å². The van der Waals surface area contributed by atoms with Gasteiger partial charge in [-0.2, -0.15) is 0 Å². The van der Waals surface area contributed by atoms with Crippen LogP contribution in [0.5, 0.6) is 0 Å². The Morgan fingerprint density at radius 1 is 0.895 bits per heavy atom. The number of nitrogen functional groups attached to an aromatic ring is 1. The number of carbonyl (C=O) groups excluding carboxylic acids is 1. The van der Waals surface area contributed by atoms with Gasteiger partial charge < -0.3 is 5.73 Å². The fraction of sp³-hybridized carbons (Fsp3) is 0. The van der Waals surface area contributed by atoms with Crippen LogP contribution in [0.3, 0.4) is 0 Å². The summed E-state index contributed by atoms with van der Waals surface area (Å²) in [6.07, 6.45) is 0. The molecular weight excluding hydrogens is 238 g/mol. The predicted octanol–water partition coefficient (Wildman–Crippen LogP) is 2.44. The minimum Gasteiger partial charge on any atom is -0.396 e. The van der Waals surface area contributed by atoms with Crippen molar-refractivity contribution in [1.29, 1.82) is 0 Å². The Labute approximate surface area is 109 Å². The summed E-state index contributed by atoms with van der Waals surface area (Å²) in [5, 5.41) is 8.74. The first kappa shape index (κ1) is 11.3. The van der Waals surface area contributed by atoms with Gasteiger partial charge >= 0.3 is 0 Å². The Morgan fingerprint density at radius 2 is 1.58 bits per heavy atom. The molecule has 0 saturated carbocycles. The van der Waals surface area contributed by atoms with Crippen molar-refractivity contribution in [2.45, 2.75) is 0 Å². The molecule has 0 aliphatic carbocycles. The second-order valence-electron chi connectivity index (χ2n) is 4.17. The van der Waals surface area contributed by atoms with Crippen molar-refractivity contribution in [3.63, 3.8) is 0 Å². The van der Waals surface area contributed by atoms with Crippen LogP contribution in [0.25, 0.3) is 10.9 Å². The minimum atomic E-state index is -0.212. The van der Waals surface area contributed by atoms with Crippen molar-refractivity contribution >= 4 is 22.4 Å². The number of nitrogens with zero attached hydrogens (tertiary/aromatic N) is 2. The van der Waals surface area contributed by atoms with Gasteiger partial charge in [0.2, 0.25) is 5.78 Å². The van der Waals surface area contributed by atoms with Crippen LogP contribution in [0.1, 0.15) is 16.1 Å². The second-order valence-corrected chi connectivity index (χ2v) is 4.17. The second kappa shape index (κ2) is 4.49. The number of ketones is 1. The van der Waals surface area contributed by atoms with E-state index in [4.69, 9.17) is 5.73 Å². The molecule has 4 nitrogen and oxygen atoms in total. The van der Waals surface area contributed by atoms with Crippen LogP contribution >= 0.6 is 0 Å². The highest BCUT2D eigenvalue weighted by Crippen LogP contribution is 2.22. The molecule has 2 N–H and O–H groups in total. The molecule has 0 radical (unpaired) electrons. The zero-order chi connectivity index (χ0) is 13.2. The largest absolute Gasteiger partial charge is 0.396 e. The number of fused-ring (bicyclic) bond motifs is 1. The van der Waals surface area contributed by atoms with Gasteiger partial charge in [-0.1, -0.05) is 48.5 Å². The third-order valence-electron chi connectivity index (χ3n) is 2.96. The molecule has 1 heterocycles. The van der Waals surface area contributed by atoms with Crippen LogP contribution in [-0.4, -0.2) is 16.0 Å². The van der Waals surface area contributed by atoms with Gasteiger partial charge in [0.15, 0.2) is 5.69 Å². The van der Waals surface area contributed by atoms with E-state index >= 15 is 0 Å². The number of anilines is 1. The highest BCUT2D eigenvalue weighted by molar-refractivity contribution is 6.13. The van der Waals surface area contributed by atoms with Gasteiger partial charge in [-0.25, -0.2) is 0 Å². The number of benzene rings is 2. The van der Waals surface area contributed by atoms with Crippen LogP contribution < -0.4 is 5.73 Å². The molecule has 0 aliphatic heterocycles. The van der Waals surface area contributed by atoms with E-state index in [2.05, 4.69) is 10.2 Å². The molecule has 19 heavy (non-hydrogen) atoms. The van der Waals surface area contributed by atoms with Crippen molar-refractivity contribution in [2.24, 2.45) is 0 Å². The van der Waals surface area contributed by atoms with E-state index in [0.29, 0.717) is 16.8 Å². The monoisotopic (exact) mass is 249 g/mol. The number of hydrogen-bond acceptors (Lipinski definition) is 4. The number of aromatic nitrogens is 2. The van der Waals surface area contributed by atoms with Crippen molar-refractivity contribution in [2.75, 3.05) is 5.73 Å². The fourth-order valence-electron chi connectivity index (χ4n) is 1.97. The SMILES string of the molecule is Nc1c(C(=O)c2ccccc2)nnc2ccccc12. The smallest absolute Gasteiger partial charge is 0.215 e. The van der Waals surface area contributed by atoms with Crippen molar-refractivity contribution in [3.8, 4) is 0 Å². The topological polar surface area (TPSA) is 68.9 Å². The molecule has 0 aliphatic rings. The third kappa shape index (κ3) is 1.93. The van der Waals surface area contributed by atoms with E-state index in [-0.39, 0.29) is 11.5 Å². The van der Waals surface area contributed by atoms with Gasteiger partial charge in [-0.3, -0.25) is 4.79 Å². The lowest BCUT2D eigenvalue weighted by Gasteiger charge is -2.06. The molecular formula is C15H11N3O. The van der Waals surface area contributed by atoms with Crippen molar-refractivity contribution in [3.05, 3.63) is 65.9 Å². The summed E-state index contributed by atoms with van der Waals surface area (Å²) >= 11 is 0. The average molecular weight is 249 g/mol. The lowest BCUT2D eigenvalue weighted by Crippen LogP contribution is -2.09. The number of rotatable bonds is 2. The summed E-state index contributed by atoms with van der Waals surface area (Å²) in [6, 6.07) is 16.3. The van der Waals surface area contributed by atoms with Crippen LogP contribution in [0, 0.1) is 0 Å². The summed E-state index contributed by atoms with van der Waals surface area (Å²) in [6.45, 7) is 0. The maximum absolute atomic E-state index is 12.3. The normalized spacial score (nSPS) is 10.5. The van der Waals surface area contributed by atoms with Crippen LogP contribution in [-0.2, 0) is 0 Å². The van der Waals surface area contributed by atoms with Crippen LogP contribution in [0.4, 0.5) is 5.69 Å². The Morgan fingerprint density at radius 3 is 2.37 bits per heavy atom. The molecule has 0 spiro atoms. The highest BCUT2D eigenvalue weighted by atomic mass is 16.1. The van der Waals surface area contributed by atoms with Crippen LogP contribution in [0.2, 0.25) is 0 Å². The maximum atomic E-state index is 12.3. The lowest BCUT2D eigenvalue weighted by molar-refractivity contribution is 0.103. The van der Waals surface area contributed by atoms with Gasteiger partial charge in [-0.15, -0.1) is 10.2 Å². The summed E-state index contributed by atoms with van der Waals surface area (Å²) in [5.74, 6) is -0.212. The first-order chi connectivity index (χ1) is 9.27. The van der Waals surface area contributed by atoms with Gasteiger partial charge in [0.05, 0.1) is 11.2 Å². The summed E-state index contributed by atoms with van der Waals surface area (Å²) in [4.78, 5) is 12.3. The Hall–Kier alpha value is -2.75. The standard InChI is InChI=1S/C15H11N3O/c16-13-11-8-4-5-9-12(11)17-18-14(13)15(19)10-6-2-1-3-7-10/h1-9H,(H2,16,17). The van der Waals surface area contributed by atoms with E-state index in [9.17, 15) is 4.79 Å².